The molecule has 4 aromatic rings. The van der Waals surface area contributed by atoms with Crippen LogP contribution in [0.4, 0.5) is 9.52 Å². The minimum atomic E-state index is -0.398. The number of anilines is 1. The Kier molecular flexibility index (Phi) is 5.11. The van der Waals surface area contributed by atoms with Crippen LogP contribution < -0.4 is 5.01 Å². The average molecular weight is 460 g/mol. The number of rotatable bonds is 4. The third-order valence-corrected chi connectivity index (χ3v) is 5.94. The summed E-state index contributed by atoms with van der Waals surface area (Å²) in [6.07, 6.45) is 1.62. The number of aromatic nitrogens is 1. The second-order valence-electron chi connectivity index (χ2n) is 5.49. The highest BCUT2D eigenvalue weighted by Gasteiger charge is 2.21. The third-order valence-electron chi connectivity index (χ3n) is 3.65. The van der Waals surface area contributed by atoms with Gasteiger partial charge in [0, 0.05) is 14.9 Å². The number of hydrogen-bond donors (Lipinski definition) is 0. The molecule has 134 valence electrons. The number of hydrogen-bond acceptors (Lipinski definition) is 5. The van der Waals surface area contributed by atoms with Crippen molar-refractivity contribution >= 4 is 66.1 Å². The van der Waals surface area contributed by atoms with Crippen LogP contribution in [0.15, 0.2) is 69.6 Å². The van der Waals surface area contributed by atoms with Gasteiger partial charge in [0.1, 0.15) is 5.82 Å². The molecule has 0 N–H and O–H groups in total. The lowest BCUT2D eigenvalue weighted by Gasteiger charge is -2.13. The number of halogens is 2. The first kappa shape index (κ1) is 18.0. The van der Waals surface area contributed by atoms with Crippen molar-refractivity contribution < 1.29 is 9.18 Å². The van der Waals surface area contributed by atoms with Crippen LogP contribution >= 0.6 is 38.6 Å². The fraction of sp³-hybridized carbons (Fsp3) is 0. The monoisotopic (exact) mass is 459 g/mol. The maximum Gasteiger partial charge on any atom is 0.280 e. The zero-order chi connectivity index (χ0) is 18.8. The highest BCUT2D eigenvalue weighted by atomic mass is 79.9. The molecule has 0 fully saturated rings. The van der Waals surface area contributed by atoms with Crippen molar-refractivity contribution in [2.75, 3.05) is 5.01 Å². The minimum absolute atomic E-state index is 0.333. The van der Waals surface area contributed by atoms with Gasteiger partial charge in [-0.25, -0.2) is 9.37 Å². The lowest BCUT2D eigenvalue weighted by Crippen LogP contribution is -2.25. The van der Waals surface area contributed by atoms with Gasteiger partial charge in [-0.3, -0.25) is 4.79 Å². The maximum absolute atomic E-state index is 13.2. The third kappa shape index (κ3) is 3.97. The van der Waals surface area contributed by atoms with Gasteiger partial charge in [0.05, 0.1) is 16.4 Å². The smallest absolute Gasteiger partial charge is 0.267 e. The molecular formula is C19H11BrFN3OS2. The summed E-state index contributed by atoms with van der Waals surface area (Å²) >= 11 is 6.32. The van der Waals surface area contributed by atoms with Gasteiger partial charge < -0.3 is 0 Å². The van der Waals surface area contributed by atoms with Gasteiger partial charge >= 0.3 is 0 Å². The Balaban J connectivity index is 1.76. The van der Waals surface area contributed by atoms with E-state index in [0.717, 1.165) is 19.6 Å². The van der Waals surface area contributed by atoms with Gasteiger partial charge in [0.15, 0.2) is 0 Å². The summed E-state index contributed by atoms with van der Waals surface area (Å²) in [6, 6.07) is 14.9. The van der Waals surface area contributed by atoms with Crippen LogP contribution in [0.3, 0.4) is 0 Å². The van der Waals surface area contributed by atoms with E-state index in [1.54, 1.807) is 6.21 Å². The van der Waals surface area contributed by atoms with Gasteiger partial charge in [0.2, 0.25) is 5.13 Å². The van der Waals surface area contributed by atoms with Crippen molar-refractivity contribution in [2.24, 2.45) is 5.10 Å². The van der Waals surface area contributed by atoms with Crippen LogP contribution in [-0.2, 0) is 0 Å². The molecule has 2 aromatic heterocycles. The molecule has 0 atom stereocenters. The fourth-order valence-corrected chi connectivity index (χ4v) is 4.41. The van der Waals surface area contributed by atoms with E-state index in [1.165, 1.54) is 51.9 Å². The van der Waals surface area contributed by atoms with Crippen LogP contribution in [0.25, 0.3) is 10.2 Å². The van der Waals surface area contributed by atoms with Gasteiger partial charge in [-0.2, -0.15) is 10.1 Å². The van der Waals surface area contributed by atoms with E-state index in [-0.39, 0.29) is 5.91 Å². The highest BCUT2D eigenvalue weighted by Crippen LogP contribution is 2.32. The van der Waals surface area contributed by atoms with Crippen LogP contribution in [0.2, 0.25) is 0 Å². The maximum atomic E-state index is 13.2. The van der Waals surface area contributed by atoms with E-state index in [0.29, 0.717) is 10.7 Å². The summed E-state index contributed by atoms with van der Waals surface area (Å²) in [5, 5.41) is 8.00. The van der Waals surface area contributed by atoms with E-state index in [1.807, 2.05) is 35.7 Å². The summed E-state index contributed by atoms with van der Waals surface area (Å²) < 4.78 is 15.1. The number of carbonyl (C=O) groups is 1. The molecule has 1 amide bonds. The number of carbonyl (C=O) groups excluding carboxylic acids is 1. The van der Waals surface area contributed by atoms with E-state index >= 15 is 0 Å². The molecule has 0 aliphatic rings. The van der Waals surface area contributed by atoms with Gasteiger partial charge in [-0.05, 0) is 53.9 Å². The number of fused-ring (bicyclic) bond motifs is 1. The molecule has 4 rings (SSSR count). The predicted molar refractivity (Wildman–Crippen MR) is 112 cm³/mol. The number of thiophene rings is 1. The Hall–Kier alpha value is -2.42. The van der Waals surface area contributed by atoms with E-state index in [2.05, 4.69) is 26.0 Å². The zero-order valence-corrected chi connectivity index (χ0v) is 16.9. The molecule has 0 saturated heterocycles. The van der Waals surface area contributed by atoms with Crippen molar-refractivity contribution in [3.8, 4) is 0 Å². The molecule has 0 spiro atoms. The Morgan fingerprint density at radius 1 is 1.19 bits per heavy atom. The van der Waals surface area contributed by atoms with Crippen molar-refractivity contribution in [3.63, 3.8) is 0 Å². The first-order chi connectivity index (χ1) is 13.1. The van der Waals surface area contributed by atoms with E-state index < -0.39 is 5.82 Å². The van der Waals surface area contributed by atoms with Crippen LogP contribution in [0.5, 0.6) is 0 Å². The summed E-state index contributed by atoms with van der Waals surface area (Å²) in [6.45, 7) is 0. The van der Waals surface area contributed by atoms with Crippen LogP contribution in [-0.4, -0.2) is 17.1 Å². The van der Waals surface area contributed by atoms with Gasteiger partial charge in [0.25, 0.3) is 5.91 Å². The Morgan fingerprint density at radius 3 is 2.74 bits per heavy atom. The molecule has 0 saturated carbocycles. The summed E-state index contributed by atoms with van der Waals surface area (Å²) in [5.41, 5.74) is 1.11. The quantitative estimate of drug-likeness (QED) is 0.280. The Bertz CT molecular complexity index is 1120. The first-order valence-corrected chi connectivity index (χ1v) is 10.3. The second-order valence-corrected chi connectivity index (χ2v) is 8.40. The SMILES string of the molecule is O=C(c1ccc(F)cc1)N(/N=C/c1cccs1)c1nc2ccc(Br)cc2s1. The van der Waals surface area contributed by atoms with E-state index in [9.17, 15) is 9.18 Å². The number of hydrazone groups is 1. The second kappa shape index (κ2) is 7.67. The normalized spacial score (nSPS) is 11.3. The molecule has 0 radical (unpaired) electrons. The Labute approximate surface area is 170 Å². The lowest BCUT2D eigenvalue weighted by atomic mass is 10.2. The summed E-state index contributed by atoms with van der Waals surface area (Å²) in [5.74, 6) is -0.772. The molecule has 2 aromatic carbocycles. The molecule has 2 heterocycles. The number of nitrogens with zero attached hydrogens (tertiary/aromatic N) is 3. The predicted octanol–water partition coefficient (Wildman–Crippen LogP) is 5.94. The van der Waals surface area contributed by atoms with Crippen molar-refractivity contribution in [2.45, 2.75) is 0 Å². The fourth-order valence-electron chi connectivity index (χ4n) is 2.36. The molecule has 8 heteroatoms. The molecular weight excluding hydrogens is 449 g/mol. The number of amides is 1. The summed E-state index contributed by atoms with van der Waals surface area (Å²) in [4.78, 5) is 18.5. The minimum Gasteiger partial charge on any atom is -0.267 e. The summed E-state index contributed by atoms with van der Waals surface area (Å²) in [7, 11) is 0. The first-order valence-electron chi connectivity index (χ1n) is 7.84. The van der Waals surface area contributed by atoms with Crippen LogP contribution in [0.1, 0.15) is 15.2 Å². The lowest BCUT2D eigenvalue weighted by molar-refractivity contribution is 0.0988. The molecule has 0 bridgehead atoms. The Morgan fingerprint density at radius 2 is 2.00 bits per heavy atom. The molecule has 0 aliphatic heterocycles. The standard InChI is InChI=1S/C19H11BrFN3OS2/c20-13-5-8-16-17(10-13)27-19(23-16)24(22-11-15-2-1-9-26-15)18(25)12-3-6-14(21)7-4-12/h1-11H/b22-11+. The highest BCUT2D eigenvalue weighted by molar-refractivity contribution is 9.10. The number of benzene rings is 2. The van der Waals surface area contributed by atoms with Gasteiger partial charge in [-0.15, -0.1) is 11.3 Å². The van der Waals surface area contributed by atoms with Crippen molar-refractivity contribution in [1.82, 2.24) is 4.98 Å². The largest absolute Gasteiger partial charge is 0.280 e. The molecule has 0 aliphatic carbocycles. The topological polar surface area (TPSA) is 45.6 Å². The zero-order valence-electron chi connectivity index (χ0n) is 13.7. The van der Waals surface area contributed by atoms with Crippen molar-refractivity contribution in [1.29, 1.82) is 0 Å². The van der Waals surface area contributed by atoms with Crippen molar-refractivity contribution in [3.05, 3.63) is 80.7 Å². The van der Waals surface area contributed by atoms with Crippen LogP contribution in [0, 0.1) is 5.82 Å². The van der Waals surface area contributed by atoms with Gasteiger partial charge in [-0.1, -0.05) is 33.3 Å². The number of thiazole rings is 1. The average Bonchev–Trinajstić information content (AvgIpc) is 3.31. The van der Waals surface area contributed by atoms with E-state index in [4.69, 9.17) is 0 Å². The molecule has 0 unspecified atom stereocenters. The molecule has 4 nitrogen and oxygen atoms in total. The molecule has 27 heavy (non-hydrogen) atoms.